The van der Waals surface area contributed by atoms with Crippen molar-refractivity contribution in [2.45, 2.75) is 45.2 Å². The van der Waals surface area contributed by atoms with Gasteiger partial charge in [-0.05, 0) is 38.0 Å². The van der Waals surface area contributed by atoms with Crippen molar-refractivity contribution < 1.29 is 4.39 Å². The summed E-state index contributed by atoms with van der Waals surface area (Å²) in [5.41, 5.74) is 1.03. The Hall–Kier alpha value is -0.800. The number of rotatable bonds is 3. The monoisotopic (exact) mass is 284 g/mol. The van der Waals surface area contributed by atoms with Gasteiger partial charge in [0, 0.05) is 24.7 Å². The molecule has 1 saturated heterocycles. The van der Waals surface area contributed by atoms with Gasteiger partial charge in [-0.25, -0.2) is 4.39 Å². The summed E-state index contributed by atoms with van der Waals surface area (Å²) in [6.45, 7) is 8.42. The average molecular weight is 285 g/mol. The van der Waals surface area contributed by atoms with Gasteiger partial charge in [0.15, 0.2) is 0 Å². The highest BCUT2D eigenvalue weighted by molar-refractivity contribution is 6.33. The predicted molar refractivity (Wildman–Crippen MR) is 79.5 cm³/mol. The lowest BCUT2D eigenvalue weighted by Gasteiger charge is -2.47. The molecule has 2 atom stereocenters. The number of hydrogen-bond donors (Lipinski definition) is 1. The van der Waals surface area contributed by atoms with E-state index in [1.807, 2.05) is 0 Å². The first kappa shape index (κ1) is 14.6. The molecule has 1 N–H and O–H groups in total. The molecular formula is C15H22ClFN2. The van der Waals surface area contributed by atoms with E-state index in [0.29, 0.717) is 11.1 Å². The smallest absolute Gasteiger partial charge is 0.124 e. The molecule has 0 bridgehead atoms. The normalized spacial score (nSPS) is 27.6. The van der Waals surface area contributed by atoms with E-state index < -0.39 is 0 Å². The predicted octanol–water partition coefficient (Wildman–Crippen LogP) is 3.84. The van der Waals surface area contributed by atoms with Crippen molar-refractivity contribution in [3.63, 3.8) is 0 Å². The van der Waals surface area contributed by atoms with Crippen molar-refractivity contribution >= 4 is 17.3 Å². The Morgan fingerprint density at radius 3 is 2.79 bits per heavy atom. The largest absolute Gasteiger partial charge is 0.364 e. The van der Waals surface area contributed by atoms with Crippen LogP contribution in [-0.2, 0) is 0 Å². The summed E-state index contributed by atoms with van der Waals surface area (Å²) in [4.78, 5) is 2.32. The summed E-state index contributed by atoms with van der Waals surface area (Å²) in [6, 6.07) is 5.08. The van der Waals surface area contributed by atoms with Crippen LogP contribution in [0.2, 0.25) is 5.02 Å². The van der Waals surface area contributed by atoms with Gasteiger partial charge in [-0.3, -0.25) is 0 Å². The van der Waals surface area contributed by atoms with Crippen molar-refractivity contribution in [3.8, 4) is 0 Å². The molecule has 1 aliphatic heterocycles. The lowest BCUT2D eigenvalue weighted by Crippen LogP contribution is -2.62. The molecular weight excluding hydrogens is 263 g/mol. The molecule has 0 saturated carbocycles. The van der Waals surface area contributed by atoms with E-state index in [-0.39, 0.29) is 11.4 Å². The molecule has 1 aliphatic rings. The zero-order valence-electron chi connectivity index (χ0n) is 11.8. The molecule has 2 nitrogen and oxygen atoms in total. The zero-order valence-corrected chi connectivity index (χ0v) is 12.6. The van der Waals surface area contributed by atoms with E-state index in [2.05, 4.69) is 31.0 Å². The Kier molecular flexibility index (Phi) is 4.36. The number of nitrogens with one attached hydrogen (secondary N) is 1. The van der Waals surface area contributed by atoms with Gasteiger partial charge < -0.3 is 10.2 Å². The van der Waals surface area contributed by atoms with Gasteiger partial charge in [0.2, 0.25) is 0 Å². The van der Waals surface area contributed by atoms with Crippen LogP contribution in [0, 0.1) is 5.82 Å². The molecule has 1 fully saturated rings. The van der Waals surface area contributed by atoms with E-state index in [1.54, 1.807) is 6.07 Å². The maximum atomic E-state index is 13.2. The summed E-state index contributed by atoms with van der Waals surface area (Å²) >= 11 is 6.22. The van der Waals surface area contributed by atoms with E-state index >= 15 is 0 Å². The minimum atomic E-state index is -0.282. The third-order valence-corrected chi connectivity index (χ3v) is 4.50. The van der Waals surface area contributed by atoms with E-state index in [0.717, 1.165) is 31.6 Å². The van der Waals surface area contributed by atoms with Crippen LogP contribution in [0.4, 0.5) is 10.1 Å². The molecule has 1 aromatic rings. The standard InChI is InChI=1S/C15H22ClFN2/c1-4-12-9-18-15(3,5-2)10-19(12)14-7-6-11(17)8-13(14)16/h6-8,12,18H,4-5,9-10H2,1-3H3. The second-order valence-electron chi connectivity index (χ2n) is 5.58. The van der Waals surface area contributed by atoms with Crippen LogP contribution in [0.25, 0.3) is 0 Å². The van der Waals surface area contributed by atoms with Gasteiger partial charge in [-0.15, -0.1) is 0 Å². The molecule has 19 heavy (non-hydrogen) atoms. The van der Waals surface area contributed by atoms with Gasteiger partial charge in [-0.2, -0.15) is 0 Å². The minimum absolute atomic E-state index is 0.0867. The Morgan fingerprint density at radius 1 is 1.47 bits per heavy atom. The van der Waals surface area contributed by atoms with Gasteiger partial charge in [-0.1, -0.05) is 25.4 Å². The Bertz CT molecular complexity index is 452. The molecule has 0 spiro atoms. The molecule has 0 radical (unpaired) electrons. The summed E-state index contributed by atoms with van der Waals surface area (Å²) in [7, 11) is 0. The molecule has 0 amide bonds. The van der Waals surface area contributed by atoms with Gasteiger partial charge in [0.1, 0.15) is 5.82 Å². The first-order valence-electron chi connectivity index (χ1n) is 6.96. The minimum Gasteiger partial charge on any atom is -0.364 e. The third-order valence-electron chi connectivity index (χ3n) is 4.20. The number of hydrogen-bond acceptors (Lipinski definition) is 2. The van der Waals surface area contributed by atoms with Crippen LogP contribution >= 0.6 is 11.6 Å². The van der Waals surface area contributed by atoms with Crippen molar-refractivity contribution in [1.29, 1.82) is 0 Å². The molecule has 0 aliphatic carbocycles. The molecule has 106 valence electrons. The van der Waals surface area contributed by atoms with Crippen molar-refractivity contribution in [3.05, 3.63) is 29.0 Å². The summed E-state index contributed by atoms with van der Waals surface area (Å²) < 4.78 is 13.2. The van der Waals surface area contributed by atoms with Crippen molar-refractivity contribution in [2.24, 2.45) is 0 Å². The highest BCUT2D eigenvalue weighted by Gasteiger charge is 2.34. The maximum absolute atomic E-state index is 13.2. The molecule has 2 rings (SSSR count). The van der Waals surface area contributed by atoms with Crippen molar-refractivity contribution in [1.82, 2.24) is 5.32 Å². The first-order valence-corrected chi connectivity index (χ1v) is 7.33. The summed E-state index contributed by atoms with van der Waals surface area (Å²) in [5, 5.41) is 4.12. The van der Waals surface area contributed by atoms with Gasteiger partial charge in [0.05, 0.1) is 10.7 Å². The van der Waals surface area contributed by atoms with Gasteiger partial charge in [0.25, 0.3) is 0 Å². The number of piperazine rings is 1. The van der Waals surface area contributed by atoms with E-state index in [4.69, 9.17) is 11.6 Å². The topological polar surface area (TPSA) is 15.3 Å². The number of nitrogens with zero attached hydrogens (tertiary/aromatic N) is 1. The van der Waals surface area contributed by atoms with Gasteiger partial charge >= 0.3 is 0 Å². The maximum Gasteiger partial charge on any atom is 0.124 e. The molecule has 4 heteroatoms. The van der Waals surface area contributed by atoms with Crippen LogP contribution in [-0.4, -0.2) is 24.7 Å². The SMILES string of the molecule is CCC1CNC(C)(CC)CN1c1ccc(F)cc1Cl. The summed E-state index contributed by atoms with van der Waals surface area (Å²) in [5.74, 6) is -0.282. The van der Waals surface area contributed by atoms with Crippen LogP contribution in [0.15, 0.2) is 18.2 Å². The lowest BCUT2D eigenvalue weighted by molar-refractivity contribution is 0.276. The van der Waals surface area contributed by atoms with E-state index in [1.165, 1.54) is 12.1 Å². The molecule has 2 unspecified atom stereocenters. The fraction of sp³-hybridized carbons (Fsp3) is 0.600. The zero-order chi connectivity index (χ0) is 14.0. The lowest BCUT2D eigenvalue weighted by atomic mass is 9.92. The first-order chi connectivity index (χ1) is 8.99. The second-order valence-corrected chi connectivity index (χ2v) is 5.99. The number of halogens is 2. The third kappa shape index (κ3) is 3.03. The number of benzene rings is 1. The Morgan fingerprint density at radius 2 is 2.21 bits per heavy atom. The van der Waals surface area contributed by atoms with E-state index in [9.17, 15) is 4.39 Å². The second kappa shape index (κ2) is 5.68. The molecule has 1 heterocycles. The van der Waals surface area contributed by atoms with Crippen LogP contribution in [0.1, 0.15) is 33.6 Å². The highest BCUT2D eigenvalue weighted by Crippen LogP contribution is 2.32. The number of anilines is 1. The van der Waals surface area contributed by atoms with Crippen LogP contribution < -0.4 is 10.2 Å². The molecule has 0 aromatic heterocycles. The fourth-order valence-electron chi connectivity index (χ4n) is 2.63. The highest BCUT2D eigenvalue weighted by atomic mass is 35.5. The average Bonchev–Trinajstić information content (AvgIpc) is 2.39. The van der Waals surface area contributed by atoms with Crippen LogP contribution in [0.5, 0.6) is 0 Å². The van der Waals surface area contributed by atoms with Crippen LogP contribution in [0.3, 0.4) is 0 Å². The quantitative estimate of drug-likeness (QED) is 0.907. The molecule has 1 aromatic carbocycles. The summed E-state index contributed by atoms with van der Waals surface area (Å²) in [6.07, 6.45) is 2.10. The Labute approximate surface area is 119 Å². The van der Waals surface area contributed by atoms with Crippen molar-refractivity contribution in [2.75, 3.05) is 18.0 Å². The fourth-order valence-corrected chi connectivity index (χ4v) is 2.91. The Balaban J connectivity index is 2.32.